The molecule has 0 spiro atoms. The van der Waals surface area contributed by atoms with Gasteiger partial charge in [-0.1, -0.05) is 63.4 Å². The molecule has 0 aliphatic rings. The molecule has 1 aromatic carbocycles. The Bertz CT molecular complexity index is 1030. The highest BCUT2D eigenvalue weighted by molar-refractivity contribution is 7.91. The quantitative estimate of drug-likeness (QED) is 0.221. The van der Waals surface area contributed by atoms with Gasteiger partial charge in [0.05, 0.1) is 18.8 Å². The number of carbonyl (C=O) groups excluding carboxylic acids is 1. The summed E-state index contributed by atoms with van der Waals surface area (Å²) in [5.74, 6) is -1.71. The number of pyridine rings is 1. The van der Waals surface area contributed by atoms with Gasteiger partial charge in [-0.25, -0.2) is 8.42 Å². The number of carbonyl (C=O) groups is 1. The first-order valence-electron chi connectivity index (χ1n) is 11.0. The van der Waals surface area contributed by atoms with Crippen molar-refractivity contribution in [1.29, 1.82) is 0 Å². The molecule has 0 radical (unpaired) electrons. The number of nitrogens with zero attached hydrogens (tertiary/aromatic N) is 2. The van der Waals surface area contributed by atoms with E-state index in [1.165, 1.54) is 6.07 Å². The molecular formula is C23H30N2O7S. The van der Waals surface area contributed by atoms with Gasteiger partial charge in [0.25, 0.3) is 0 Å². The van der Waals surface area contributed by atoms with Crippen LogP contribution in [0.25, 0.3) is 0 Å². The van der Waals surface area contributed by atoms with E-state index in [1.54, 1.807) is 24.3 Å². The Balaban J connectivity index is 2.09. The first kappa shape index (κ1) is 26.2. The van der Waals surface area contributed by atoms with E-state index in [9.17, 15) is 23.3 Å². The first-order chi connectivity index (χ1) is 15.8. The summed E-state index contributed by atoms with van der Waals surface area (Å²) < 4.78 is 36.7. The van der Waals surface area contributed by atoms with E-state index < -0.39 is 37.3 Å². The van der Waals surface area contributed by atoms with Gasteiger partial charge in [0.15, 0.2) is 5.75 Å². The largest absolute Gasteiger partial charge is 0.483 e. The molecule has 9 nitrogen and oxygen atoms in total. The number of ether oxygens (including phenoxy) is 2. The Hall–Kier alpha value is -3.01. The molecule has 0 bridgehead atoms. The Morgan fingerprint density at radius 3 is 2.52 bits per heavy atom. The maximum atomic E-state index is 12.9. The van der Waals surface area contributed by atoms with Gasteiger partial charge in [-0.2, -0.15) is 0 Å². The number of rotatable bonds is 14. The fraction of sp³-hybridized carbons (Fsp3) is 0.478. The predicted molar refractivity (Wildman–Crippen MR) is 123 cm³/mol. The minimum absolute atomic E-state index is 0.0566. The van der Waals surface area contributed by atoms with Gasteiger partial charge >= 0.3 is 16.8 Å². The molecule has 10 heteroatoms. The van der Waals surface area contributed by atoms with E-state index in [2.05, 4.69) is 11.9 Å². The molecule has 0 saturated carbocycles. The number of benzene rings is 1. The second-order valence-corrected chi connectivity index (χ2v) is 9.70. The van der Waals surface area contributed by atoms with Crippen molar-refractivity contribution in [2.45, 2.75) is 57.6 Å². The van der Waals surface area contributed by atoms with Crippen LogP contribution in [-0.2, 0) is 26.0 Å². The van der Waals surface area contributed by atoms with Crippen LogP contribution in [0.1, 0.15) is 51.5 Å². The highest BCUT2D eigenvalue weighted by atomic mass is 32.2. The van der Waals surface area contributed by atoms with Gasteiger partial charge in [0.2, 0.25) is 9.84 Å². The zero-order valence-corrected chi connectivity index (χ0v) is 19.8. The van der Waals surface area contributed by atoms with Crippen molar-refractivity contribution in [1.82, 2.24) is 4.98 Å². The van der Waals surface area contributed by atoms with Gasteiger partial charge in [0.1, 0.15) is 6.61 Å². The van der Waals surface area contributed by atoms with Gasteiger partial charge in [-0.3, -0.25) is 4.79 Å². The summed E-state index contributed by atoms with van der Waals surface area (Å²) in [6, 6.07) is 11.3. The summed E-state index contributed by atoms with van der Waals surface area (Å²) in [5.41, 5.74) is 0.788. The lowest BCUT2D eigenvalue weighted by molar-refractivity contribution is -0.390. The van der Waals surface area contributed by atoms with E-state index in [0.717, 1.165) is 37.3 Å². The number of aromatic nitrogens is 1. The van der Waals surface area contributed by atoms with Crippen LogP contribution >= 0.6 is 0 Å². The van der Waals surface area contributed by atoms with Crippen LogP contribution in [0.4, 0.5) is 5.82 Å². The zero-order valence-electron chi connectivity index (χ0n) is 18.9. The number of nitro groups is 1. The normalized spacial score (nSPS) is 12.2. The number of unbranched alkanes of at least 4 members (excludes halogenated alkanes) is 1. The van der Waals surface area contributed by atoms with E-state index in [1.807, 2.05) is 13.0 Å². The van der Waals surface area contributed by atoms with Crippen molar-refractivity contribution >= 4 is 21.6 Å². The van der Waals surface area contributed by atoms with E-state index in [4.69, 9.17) is 9.47 Å². The van der Waals surface area contributed by atoms with Crippen LogP contribution in [0.15, 0.2) is 47.5 Å². The molecule has 2 aromatic rings. The Kier molecular flexibility index (Phi) is 10.2. The molecule has 33 heavy (non-hydrogen) atoms. The minimum atomic E-state index is -4.15. The van der Waals surface area contributed by atoms with Crippen LogP contribution in [0.5, 0.6) is 5.75 Å². The third-order valence-corrected chi connectivity index (χ3v) is 6.75. The second kappa shape index (κ2) is 12.9. The average molecular weight is 479 g/mol. The maximum Gasteiger partial charge on any atom is 0.365 e. The maximum absolute atomic E-state index is 12.9. The summed E-state index contributed by atoms with van der Waals surface area (Å²) in [7, 11) is -4.15. The van der Waals surface area contributed by atoms with Crippen molar-refractivity contribution < 1.29 is 27.6 Å². The van der Waals surface area contributed by atoms with Crippen LogP contribution in [-0.4, -0.2) is 36.7 Å². The highest BCUT2D eigenvalue weighted by Crippen LogP contribution is 2.27. The molecule has 0 fully saturated rings. The molecule has 1 heterocycles. The van der Waals surface area contributed by atoms with Crippen LogP contribution in [0, 0.1) is 16.0 Å². The van der Waals surface area contributed by atoms with Gasteiger partial charge < -0.3 is 19.6 Å². The minimum Gasteiger partial charge on any atom is -0.483 e. The van der Waals surface area contributed by atoms with Crippen LogP contribution in [0.2, 0.25) is 0 Å². The second-order valence-electron chi connectivity index (χ2n) is 7.67. The van der Waals surface area contributed by atoms with E-state index >= 15 is 0 Å². The summed E-state index contributed by atoms with van der Waals surface area (Å²) in [4.78, 5) is 26.2. The van der Waals surface area contributed by atoms with Gasteiger partial charge in [-0.15, -0.1) is 0 Å². The van der Waals surface area contributed by atoms with Crippen molar-refractivity contribution in [2.24, 2.45) is 5.92 Å². The summed E-state index contributed by atoms with van der Waals surface area (Å²) in [5, 5.41) is 10.6. The molecule has 1 unspecified atom stereocenters. The average Bonchev–Trinajstić information content (AvgIpc) is 2.82. The summed E-state index contributed by atoms with van der Waals surface area (Å²) >= 11 is 0. The van der Waals surface area contributed by atoms with Crippen LogP contribution in [0.3, 0.4) is 0 Å². The lowest BCUT2D eigenvalue weighted by atomic mass is 10.0. The number of esters is 1. The zero-order chi connectivity index (χ0) is 24.3. The Morgan fingerprint density at radius 2 is 1.88 bits per heavy atom. The van der Waals surface area contributed by atoms with E-state index in [-0.39, 0.29) is 31.3 Å². The third-order valence-electron chi connectivity index (χ3n) is 5.13. The van der Waals surface area contributed by atoms with Crippen molar-refractivity contribution in [3.63, 3.8) is 0 Å². The molecule has 2 rings (SSSR count). The predicted octanol–water partition coefficient (Wildman–Crippen LogP) is 4.49. The molecule has 180 valence electrons. The Labute approximate surface area is 194 Å². The number of hydrogen-bond acceptors (Lipinski definition) is 8. The molecule has 1 atom stereocenters. The third kappa shape index (κ3) is 8.45. The molecule has 0 saturated heterocycles. The highest BCUT2D eigenvalue weighted by Gasteiger charge is 2.30. The molecule has 0 aliphatic heterocycles. The van der Waals surface area contributed by atoms with Crippen molar-refractivity contribution in [2.75, 3.05) is 12.4 Å². The lowest BCUT2D eigenvalue weighted by Crippen LogP contribution is -2.18. The smallest absolute Gasteiger partial charge is 0.365 e. The SMILES string of the molecule is CCCCC(CC)COC(=O)CCS(=O)(=O)c1nc([N+](=O)[O-])ccc1OCc1ccccc1. The van der Waals surface area contributed by atoms with Crippen molar-refractivity contribution in [3.8, 4) is 5.75 Å². The van der Waals surface area contributed by atoms with Gasteiger partial charge in [-0.05, 0) is 33.9 Å². The topological polar surface area (TPSA) is 126 Å². The fourth-order valence-corrected chi connectivity index (χ4v) is 4.38. The standard InChI is InChI=1S/C23H30N2O7S/c1-3-5-9-18(4-2)16-32-22(26)14-15-33(29,30)23-20(12-13-21(24-23)25(27)28)31-17-19-10-7-6-8-11-19/h6-8,10-13,18H,3-5,9,14-17H2,1-2H3. The molecule has 0 N–H and O–H groups in total. The van der Waals surface area contributed by atoms with Crippen molar-refractivity contribution in [3.05, 3.63) is 58.1 Å². The monoisotopic (exact) mass is 478 g/mol. The Morgan fingerprint density at radius 1 is 1.15 bits per heavy atom. The molecular weight excluding hydrogens is 448 g/mol. The number of hydrogen-bond donors (Lipinski definition) is 0. The first-order valence-corrected chi connectivity index (χ1v) is 12.6. The summed E-state index contributed by atoms with van der Waals surface area (Å²) in [6.45, 7) is 4.41. The molecule has 1 aromatic heterocycles. The molecule has 0 amide bonds. The number of sulfone groups is 1. The molecule has 0 aliphatic carbocycles. The van der Waals surface area contributed by atoms with E-state index in [0.29, 0.717) is 0 Å². The fourth-order valence-electron chi connectivity index (χ4n) is 3.08. The van der Waals surface area contributed by atoms with Gasteiger partial charge in [0, 0.05) is 6.07 Å². The summed E-state index contributed by atoms with van der Waals surface area (Å²) in [6.07, 6.45) is 3.51. The van der Waals surface area contributed by atoms with Crippen LogP contribution < -0.4 is 4.74 Å². The lowest BCUT2D eigenvalue weighted by Gasteiger charge is -2.14.